The van der Waals surface area contributed by atoms with Gasteiger partial charge in [-0.15, -0.1) is 0 Å². The van der Waals surface area contributed by atoms with Gasteiger partial charge < -0.3 is 15.4 Å². The summed E-state index contributed by atoms with van der Waals surface area (Å²) in [5.74, 6) is 0.926. The first kappa shape index (κ1) is 15.7. The van der Waals surface area contributed by atoms with E-state index in [4.69, 9.17) is 17.0 Å². The average molecular weight is 327 g/mol. The minimum atomic E-state index is 0.384. The number of benzene rings is 1. The van der Waals surface area contributed by atoms with Crippen LogP contribution in [-0.4, -0.2) is 16.2 Å². The van der Waals surface area contributed by atoms with Crippen LogP contribution in [0.5, 0.6) is 5.75 Å². The van der Waals surface area contributed by atoms with Gasteiger partial charge in [0, 0.05) is 11.9 Å². The molecule has 1 aliphatic carbocycles. The summed E-state index contributed by atoms with van der Waals surface area (Å²) in [6.07, 6.45) is 7.05. The number of anilines is 1. The van der Waals surface area contributed by atoms with E-state index in [-0.39, 0.29) is 0 Å². The Morgan fingerprint density at radius 2 is 1.91 bits per heavy atom. The van der Waals surface area contributed by atoms with Gasteiger partial charge in [-0.2, -0.15) is 0 Å². The van der Waals surface area contributed by atoms with Crippen molar-refractivity contribution in [3.63, 3.8) is 0 Å². The molecule has 2 N–H and O–H groups in total. The summed E-state index contributed by atoms with van der Waals surface area (Å²) < 4.78 is 5.96. The highest BCUT2D eigenvalue weighted by Crippen LogP contribution is 2.24. The lowest BCUT2D eigenvalue weighted by atomic mass is 10.3. The van der Waals surface area contributed by atoms with Crippen molar-refractivity contribution in [3.05, 3.63) is 54.4 Å². The molecule has 23 heavy (non-hydrogen) atoms. The Hall–Kier alpha value is -2.14. The molecular formula is C18H21N3OS. The summed E-state index contributed by atoms with van der Waals surface area (Å²) >= 11 is 5.30. The predicted octanol–water partition coefficient (Wildman–Crippen LogP) is 3.89. The lowest BCUT2D eigenvalue weighted by Crippen LogP contribution is -2.28. The molecule has 0 unspecified atom stereocenters. The summed E-state index contributed by atoms with van der Waals surface area (Å²) in [6.45, 7) is 0.607. The van der Waals surface area contributed by atoms with Crippen molar-refractivity contribution in [1.29, 1.82) is 0 Å². The molecule has 0 aliphatic heterocycles. The Morgan fingerprint density at radius 3 is 2.61 bits per heavy atom. The lowest BCUT2D eigenvalue weighted by molar-refractivity contribution is 0.210. The number of nitrogens with zero attached hydrogens (tertiary/aromatic N) is 1. The summed E-state index contributed by atoms with van der Waals surface area (Å²) in [4.78, 5) is 4.25. The molecule has 4 nitrogen and oxygen atoms in total. The normalized spacial score (nSPS) is 14.4. The summed E-state index contributed by atoms with van der Waals surface area (Å²) in [5, 5.41) is 6.90. The number of pyridine rings is 1. The van der Waals surface area contributed by atoms with Crippen LogP contribution < -0.4 is 15.4 Å². The molecule has 2 aromatic rings. The number of hydrogen-bond donors (Lipinski definition) is 2. The zero-order valence-corrected chi connectivity index (χ0v) is 13.8. The Morgan fingerprint density at radius 1 is 1.13 bits per heavy atom. The molecule has 5 heteroatoms. The van der Waals surface area contributed by atoms with E-state index in [1.807, 2.05) is 42.5 Å². The van der Waals surface area contributed by atoms with Crippen LogP contribution in [0.2, 0.25) is 0 Å². The molecule has 1 aromatic heterocycles. The van der Waals surface area contributed by atoms with Gasteiger partial charge in [0.25, 0.3) is 0 Å². The van der Waals surface area contributed by atoms with Gasteiger partial charge in [0.15, 0.2) is 5.11 Å². The van der Waals surface area contributed by atoms with Crippen LogP contribution >= 0.6 is 12.2 Å². The van der Waals surface area contributed by atoms with Crippen molar-refractivity contribution in [2.45, 2.75) is 38.3 Å². The molecule has 0 radical (unpaired) electrons. The first-order chi connectivity index (χ1) is 11.3. The summed E-state index contributed by atoms with van der Waals surface area (Å²) in [6, 6.07) is 13.8. The van der Waals surface area contributed by atoms with Crippen LogP contribution in [0.4, 0.5) is 5.69 Å². The molecule has 3 rings (SSSR count). The Bertz CT molecular complexity index is 624. The van der Waals surface area contributed by atoms with Crippen molar-refractivity contribution < 1.29 is 4.74 Å². The smallest absolute Gasteiger partial charge is 0.171 e. The first-order valence-electron chi connectivity index (χ1n) is 8.01. The molecule has 0 saturated heterocycles. The standard InChI is InChI=1S/C18H21N3OS/c23-18(20-13-15-5-3-4-12-19-15)21-14-8-10-17(11-9-14)22-16-6-1-2-7-16/h3-5,8-12,16H,1-2,6-7,13H2,(H2,20,21,23). The fourth-order valence-electron chi connectivity index (χ4n) is 2.66. The predicted molar refractivity (Wildman–Crippen MR) is 96.6 cm³/mol. The molecule has 1 aliphatic rings. The van der Waals surface area contributed by atoms with Gasteiger partial charge in [-0.05, 0) is 74.3 Å². The zero-order chi connectivity index (χ0) is 15.9. The highest BCUT2D eigenvalue weighted by atomic mass is 32.1. The third-order valence-electron chi connectivity index (χ3n) is 3.87. The second kappa shape index (κ2) is 7.92. The van der Waals surface area contributed by atoms with Crippen molar-refractivity contribution in [1.82, 2.24) is 10.3 Å². The maximum atomic E-state index is 5.96. The molecule has 1 heterocycles. The Kier molecular flexibility index (Phi) is 5.42. The topological polar surface area (TPSA) is 46.2 Å². The Balaban J connectivity index is 1.46. The second-order valence-electron chi connectivity index (χ2n) is 5.68. The maximum absolute atomic E-state index is 5.96. The first-order valence-corrected chi connectivity index (χ1v) is 8.42. The van der Waals surface area contributed by atoms with Crippen molar-refractivity contribution in [2.75, 3.05) is 5.32 Å². The summed E-state index contributed by atoms with van der Waals surface area (Å²) in [7, 11) is 0. The molecule has 0 atom stereocenters. The number of thiocarbonyl (C=S) groups is 1. The van der Waals surface area contributed by atoms with E-state index in [1.54, 1.807) is 6.20 Å². The van der Waals surface area contributed by atoms with E-state index in [0.29, 0.717) is 17.8 Å². The van der Waals surface area contributed by atoms with Crippen LogP contribution in [-0.2, 0) is 6.54 Å². The van der Waals surface area contributed by atoms with Crippen LogP contribution in [0.3, 0.4) is 0 Å². The summed E-state index contributed by atoms with van der Waals surface area (Å²) in [5.41, 5.74) is 1.90. The average Bonchev–Trinajstić information content (AvgIpc) is 3.09. The van der Waals surface area contributed by atoms with Gasteiger partial charge in [0.05, 0.1) is 18.3 Å². The van der Waals surface area contributed by atoms with E-state index in [9.17, 15) is 0 Å². The molecule has 0 amide bonds. The second-order valence-corrected chi connectivity index (χ2v) is 6.09. The fourth-order valence-corrected chi connectivity index (χ4v) is 2.85. The molecule has 120 valence electrons. The lowest BCUT2D eigenvalue weighted by Gasteiger charge is -2.14. The molecule has 1 saturated carbocycles. The van der Waals surface area contributed by atoms with Gasteiger partial charge >= 0.3 is 0 Å². The molecule has 1 aromatic carbocycles. The number of ether oxygens (including phenoxy) is 1. The van der Waals surface area contributed by atoms with Crippen LogP contribution in [0, 0.1) is 0 Å². The van der Waals surface area contributed by atoms with Crippen LogP contribution in [0.15, 0.2) is 48.7 Å². The van der Waals surface area contributed by atoms with E-state index < -0.39 is 0 Å². The van der Waals surface area contributed by atoms with E-state index in [1.165, 1.54) is 25.7 Å². The number of nitrogens with one attached hydrogen (secondary N) is 2. The largest absolute Gasteiger partial charge is 0.490 e. The molecule has 0 spiro atoms. The SMILES string of the molecule is S=C(NCc1ccccn1)Nc1ccc(OC2CCCC2)cc1. The zero-order valence-electron chi connectivity index (χ0n) is 13.0. The van der Waals surface area contributed by atoms with Crippen LogP contribution in [0.25, 0.3) is 0 Å². The fraction of sp³-hybridized carbons (Fsp3) is 0.333. The van der Waals surface area contributed by atoms with Gasteiger partial charge in [-0.3, -0.25) is 4.98 Å². The van der Waals surface area contributed by atoms with Crippen molar-refractivity contribution in [2.24, 2.45) is 0 Å². The molecule has 0 bridgehead atoms. The molecular weight excluding hydrogens is 306 g/mol. The minimum absolute atomic E-state index is 0.384. The highest BCUT2D eigenvalue weighted by molar-refractivity contribution is 7.80. The quantitative estimate of drug-likeness (QED) is 0.816. The number of aromatic nitrogens is 1. The third-order valence-corrected chi connectivity index (χ3v) is 4.12. The van der Waals surface area contributed by atoms with E-state index >= 15 is 0 Å². The van der Waals surface area contributed by atoms with Gasteiger partial charge in [-0.1, -0.05) is 6.07 Å². The Labute approximate surface area is 142 Å². The third kappa shape index (κ3) is 4.93. The van der Waals surface area contributed by atoms with Crippen molar-refractivity contribution >= 4 is 23.0 Å². The highest BCUT2D eigenvalue weighted by Gasteiger charge is 2.16. The number of hydrogen-bond acceptors (Lipinski definition) is 3. The molecule has 1 fully saturated rings. The number of rotatable bonds is 5. The van der Waals surface area contributed by atoms with E-state index in [2.05, 4.69) is 15.6 Å². The van der Waals surface area contributed by atoms with Gasteiger partial charge in [0.2, 0.25) is 0 Å². The monoisotopic (exact) mass is 327 g/mol. The van der Waals surface area contributed by atoms with E-state index in [0.717, 1.165) is 17.1 Å². The minimum Gasteiger partial charge on any atom is -0.490 e. The van der Waals surface area contributed by atoms with Gasteiger partial charge in [0.1, 0.15) is 5.75 Å². The maximum Gasteiger partial charge on any atom is 0.171 e. The van der Waals surface area contributed by atoms with Crippen LogP contribution in [0.1, 0.15) is 31.4 Å². The van der Waals surface area contributed by atoms with Gasteiger partial charge in [-0.25, -0.2) is 0 Å². The van der Waals surface area contributed by atoms with Crippen molar-refractivity contribution in [3.8, 4) is 5.75 Å².